The molecule has 5 heteroatoms. The lowest BCUT2D eigenvalue weighted by Crippen LogP contribution is -2.32. The van der Waals surface area contributed by atoms with Crippen LogP contribution in [0.15, 0.2) is 41.1 Å². The van der Waals surface area contributed by atoms with Crippen molar-refractivity contribution in [1.82, 2.24) is 5.32 Å². The summed E-state index contributed by atoms with van der Waals surface area (Å²) in [6.07, 6.45) is 0. The van der Waals surface area contributed by atoms with Crippen LogP contribution in [0.2, 0.25) is 0 Å². The van der Waals surface area contributed by atoms with Crippen LogP contribution in [0.1, 0.15) is 18.4 Å². The molecule has 0 fully saturated rings. The van der Waals surface area contributed by atoms with Gasteiger partial charge in [-0.3, -0.25) is 4.79 Å². The molecule has 21 heavy (non-hydrogen) atoms. The van der Waals surface area contributed by atoms with E-state index in [4.69, 9.17) is 4.74 Å². The maximum absolute atomic E-state index is 11.9. The summed E-state index contributed by atoms with van der Waals surface area (Å²) in [5.41, 5.74) is 2.08. The Bertz CT molecular complexity index is 569. The van der Waals surface area contributed by atoms with Crippen molar-refractivity contribution in [3.05, 3.63) is 46.7 Å². The van der Waals surface area contributed by atoms with Crippen LogP contribution in [0, 0.1) is 0 Å². The van der Waals surface area contributed by atoms with E-state index in [1.807, 2.05) is 24.3 Å². The number of ether oxygens (including phenoxy) is 1. The Balaban J connectivity index is 1.77. The molecule has 2 aromatic rings. The van der Waals surface area contributed by atoms with Gasteiger partial charge in [-0.1, -0.05) is 19.1 Å². The van der Waals surface area contributed by atoms with Crippen LogP contribution in [0.25, 0.3) is 0 Å². The summed E-state index contributed by atoms with van der Waals surface area (Å²) in [4.78, 5) is 11.9. The van der Waals surface area contributed by atoms with Crippen LogP contribution in [0.3, 0.4) is 0 Å². The third-order valence-electron chi connectivity index (χ3n) is 3.26. The molecule has 0 aliphatic rings. The first-order chi connectivity index (χ1) is 10.2. The van der Waals surface area contributed by atoms with Gasteiger partial charge in [0.2, 0.25) is 5.91 Å². The van der Waals surface area contributed by atoms with Crippen molar-refractivity contribution in [3.8, 4) is 5.75 Å². The number of benzene rings is 1. The lowest BCUT2D eigenvalue weighted by Gasteiger charge is -2.13. The van der Waals surface area contributed by atoms with E-state index in [0.717, 1.165) is 11.4 Å². The number of carbonyl (C=O) groups is 1. The van der Waals surface area contributed by atoms with E-state index < -0.39 is 0 Å². The lowest BCUT2D eigenvalue weighted by atomic mass is 10.1. The van der Waals surface area contributed by atoms with Crippen molar-refractivity contribution in [2.24, 2.45) is 0 Å². The average Bonchev–Trinajstić information content (AvgIpc) is 3.05. The highest BCUT2D eigenvalue weighted by atomic mass is 32.1. The summed E-state index contributed by atoms with van der Waals surface area (Å²) in [6.45, 7) is 2.98. The van der Waals surface area contributed by atoms with Crippen LogP contribution < -0.4 is 15.4 Å². The second-order valence-corrected chi connectivity index (χ2v) is 5.60. The van der Waals surface area contributed by atoms with Crippen LogP contribution in [0.5, 0.6) is 5.75 Å². The molecule has 1 heterocycles. The minimum Gasteiger partial charge on any atom is -0.495 e. The number of para-hydroxylation sites is 2. The Morgan fingerprint density at radius 3 is 2.86 bits per heavy atom. The van der Waals surface area contributed by atoms with Gasteiger partial charge in [0.05, 0.1) is 19.3 Å². The fourth-order valence-corrected chi connectivity index (χ4v) is 2.75. The van der Waals surface area contributed by atoms with E-state index >= 15 is 0 Å². The maximum Gasteiger partial charge on any atom is 0.239 e. The highest BCUT2D eigenvalue weighted by Gasteiger charge is 2.09. The van der Waals surface area contributed by atoms with Crippen molar-refractivity contribution in [2.45, 2.75) is 12.8 Å². The number of methoxy groups -OCH3 is 1. The lowest BCUT2D eigenvalue weighted by molar-refractivity contribution is -0.119. The molecule has 0 saturated heterocycles. The van der Waals surface area contributed by atoms with Crippen LogP contribution in [0.4, 0.5) is 5.69 Å². The number of rotatable bonds is 7. The molecule has 112 valence electrons. The van der Waals surface area contributed by atoms with Gasteiger partial charge in [-0.05, 0) is 40.4 Å². The first kappa shape index (κ1) is 15.4. The largest absolute Gasteiger partial charge is 0.495 e. The molecule has 1 amide bonds. The van der Waals surface area contributed by atoms with Crippen LogP contribution >= 0.6 is 11.3 Å². The Hall–Kier alpha value is -2.01. The van der Waals surface area contributed by atoms with E-state index in [1.54, 1.807) is 18.4 Å². The Kier molecular flexibility index (Phi) is 5.63. The SMILES string of the molecule is COc1ccccc1NCC(=O)NCC(C)c1ccsc1. The van der Waals surface area contributed by atoms with Gasteiger partial charge in [-0.15, -0.1) is 0 Å². The third kappa shape index (κ3) is 4.49. The number of carbonyl (C=O) groups excluding carboxylic acids is 1. The number of hydrogen-bond donors (Lipinski definition) is 2. The normalized spacial score (nSPS) is 11.7. The molecule has 0 bridgehead atoms. The van der Waals surface area contributed by atoms with E-state index in [0.29, 0.717) is 12.5 Å². The molecule has 0 saturated carbocycles. The molecule has 1 aromatic heterocycles. The fourth-order valence-electron chi connectivity index (χ4n) is 1.97. The number of thiophene rings is 1. The van der Waals surface area contributed by atoms with Crippen LogP contribution in [-0.4, -0.2) is 26.1 Å². The van der Waals surface area contributed by atoms with E-state index in [-0.39, 0.29) is 12.5 Å². The van der Waals surface area contributed by atoms with E-state index in [9.17, 15) is 4.79 Å². The van der Waals surface area contributed by atoms with Gasteiger partial charge in [0, 0.05) is 6.54 Å². The van der Waals surface area contributed by atoms with Crippen molar-refractivity contribution in [2.75, 3.05) is 25.5 Å². The maximum atomic E-state index is 11.9. The van der Waals surface area contributed by atoms with Crippen molar-refractivity contribution in [3.63, 3.8) is 0 Å². The summed E-state index contributed by atoms with van der Waals surface area (Å²) in [5.74, 6) is 1.03. The number of amides is 1. The fraction of sp³-hybridized carbons (Fsp3) is 0.312. The molecule has 2 rings (SSSR count). The number of anilines is 1. The highest BCUT2D eigenvalue weighted by molar-refractivity contribution is 7.07. The topological polar surface area (TPSA) is 50.4 Å². The first-order valence-corrected chi connectivity index (χ1v) is 7.80. The van der Waals surface area contributed by atoms with Gasteiger partial charge in [-0.25, -0.2) is 0 Å². The summed E-state index contributed by atoms with van der Waals surface area (Å²) >= 11 is 1.67. The van der Waals surface area contributed by atoms with Crippen LogP contribution in [-0.2, 0) is 4.79 Å². The molecule has 0 aliphatic carbocycles. The van der Waals surface area contributed by atoms with Gasteiger partial charge >= 0.3 is 0 Å². The molecule has 4 nitrogen and oxygen atoms in total. The zero-order chi connectivity index (χ0) is 15.1. The van der Waals surface area contributed by atoms with Crippen molar-refractivity contribution >= 4 is 22.9 Å². The number of nitrogens with one attached hydrogen (secondary N) is 2. The molecule has 1 unspecified atom stereocenters. The zero-order valence-corrected chi connectivity index (χ0v) is 13.1. The average molecular weight is 304 g/mol. The molecule has 0 aliphatic heterocycles. The van der Waals surface area contributed by atoms with Gasteiger partial charge in [0.15, 0.2) is 0 Å². The third-order valence-corrected chi connectivity index (χ3v) is 3.97. The predicted molar refractivity (Wildman–Crippen MR) is 87.2 cm³/mol. The molecule has 2 N–H and O–H groups in total. The molecule has 1 aromatic carbocycles. The smallest absolute Gasteiger partial charge is 0.239 e. The quantitative estimate of drug-likeness (QED) is 0.826. The second kappa shape index (κ2) is 7.69. The predicted octanol–water partition coefficient (Wildman–Crippen LogP) is 3.09. The Morgan fingerprint density at radius 1 is 1.33 bits per heavy atom. The minimum atomic E-state index is -0.0250. The van der Waals surface area contributed by atoms with E-state index in [1.165, 1.54) is 5.56 Å². The molecular formula is C16H20N2O2S. The van der Waals surface area contributed by atoms with Crippen molar-refractivity contribution in [1.29, 1.82) is 0 Å². The first-order valence-electron chi connectivity index (χ1n) is 6.86. The molecule has 0 radical (unpaired) electrons. The molecule has 1 atom stereocenters. The van der Waals surface area contributed by atoms with Crippen molar-refractivity contribution < 1.29 is 9.53 Å². The highest BCUT2D eigenvalue weighted by Crippen LogP contribution is 2.22. The zero-order valence-electron chi connectivity index (χ0n) is 12.3. The Labute approximate surface area is 129 Å². The summed E-state index contributed by atoms with van der Waals surface area (Å²) in [7, 11) is 1.61. The summed E-state index contributed by atoms with van der Waals surface area (Å²) in [6, 6.07) is 9.64. The minimum absolute atomic E-state index is 0.0250. The van der Waals surface area contributed by atoms with Gasteiger partial charge in [0.1, 0.15) is 5.75 Å². The standard InChI is InChI=1S/C16H20N2O2S/c1-12(13-7-8-21-11-13)9-18-16(19)10-17-14-5-3-4-6-15(14)20-2/h3-8,11-12,17H,9-10H2,1-2H3,(H,18,19). The van der Waals surface area contributed by atoms with Gasteiger partial charge < -0.3 is 15.4 Å². The second-order valence-electron chi connectivity index (χ2n) is 4.82. The van der Waals surface area contributed by atoms with E-state index in [2.05, 4.69) is 34.4 Å². The summed E-state index contributed by atoms with van der Waals surface area (Å²) in [5, 5.41) is 10.2. The van der Waals surface area contributed by atoms with Gasteiger partial charge in [-0.2, -0.15) is 11.3 Å². The molecule has 0 spiro atoms. The monoisotopic (exact) mass is 304 g/mol. The number of hydrogen-bond acceptors (Lipinski definition) is 4. The summed E-state index contributed by atoms with van der Waals surface area (Å²) < 4.78 is 5.23. The Morgan fingerprint density at radius 2 is 2.14 bits per heavy atom. The van der Waals surface area contributed by atoms with Gasteiger partial charge in [0.25, 0.3) is 0 Å². The molecular weight excluding hydrogens is 284 g/mol.